The van der Waals surface area contributed by atoms with Gasteiger partial charge in [-0.05, 0) is 31.6 Å². The predicted molar refractivity (Wildman–Crippen MR) is 432 cm³/mol. The van der Waals surface area contributed by atoms with Gasteiger partial charge in [-0.1, -0.05) is 413 Å². The highest BCUT2D eigenvalue weighted by atomic mass is 31.2. The van der Waals surface area contributed by atoms with E-state index in [0.717, 1.165) is 95.8 Å². The van der Waals surface area contributed by atoms with Gasteiger partial charge in [0.05, 0.1) is 26.4 Å². The molecule has 0 aromatic rings. The molecule has 0 aromatic carbocycles. The lowest BCUT2D eigenvalue weighted by Crippen LogP contribution is -2.30. The highest BCUT2D eigenvalue weighted by Gasteiger charge is 2.30. The van der Waals surface area contributed by atoms with Crippen LogP contribution in [-0.4, -0.2) is 96.7 Å². The zero-order valence-electron chi connectivity index (χ0n) is 68.9. The van der Waals surface area contributed by atoms with Gasteiger partial charge < -0.3 is 33.8 Å². The van der Waals surface area contributed by atoms with Crippen molar-refractivity contribution in [3.8, 4) is 0 Å². The maximum Gasteiger partial charge on any atom is 0.472 e. The van der Waals surface area contributed by atoms with Crippen LogP contribution in [0.25, 0.3) is 0 Å². The molecule has 0 amide bonds. The molecule has 0 aromatic heterocycles. The topological polar surface area (TPSA) is 237 Å². The number of unbranched alkanes of at least 4 members (excludes halogenated alkanes) is 57. The summed E-state index contributed by atoms with van der Waals surface area (Å²) in [5.41, 5.74) is 0. The van der Waals surface area contributed by atoms with Crippen LogP contribution in [0.4, 0.5) is 0 Å². The first-order valence-corrected chi connectivity index (χ1v) is 47.7. The Morgan fingerprint density at radius 1 is 0.267 bits per heavy atom. The van der Waals surface area contributed by atoms with Crippen LogP contribution in [0.1, 0.15) is 465 Å². The van der Waals surface area contributed by atoms with Gasteiger partial charge in [0.1, 0.15) is 19.3 Å². The van der Waals surface area contributed by atoms with E-state index in [1.807, 2.05) is 0 Å². The molecule has 105 heavy (non-hydrogen) atoms. The molecule has 0 fully saturated rings. The van der Waals surface area contributed by atoms with Crippen LogP contribution in [0.15, 0.2) is 0 Å². The summed E-state index contributed by atoms with van der Waals surface area (Å²) >= 11 is 0. The van der Waals surface area contributed by atoms with Crippen molar-refractivity contribution in [3.05, 3.63) is 0 Å². The molecular weight excluding hydrogens is 1370 g/mol. The Balaban J connectivity index is 5.26. The molecular formula is C86H168O17P2. The normalized spacial score (nSPS) is 14.0. The minimum absolute atomic E-state index is 0.109. The lowest BCUT2D eigenvalue weighted by Gasteiger charge is -2.21. The van der Waals surface area contributed by atoms with Crippen LogP contribution >= 0.6 is 15.6 Å². The Hall–Kier alpha value is -1.94. The fourth-order valence-electron chi connectivity index (χ4n) is 13.4. The van der Waals surface area contributed by atoms with Crippen molar-refractivity contribution in [2.45, 2.75) is 483 Å². The van der Waals surface area contributed by atoms with E-state index in [9.17, 15) is 43.2 Å². The largest absolute Gasteiger partial charge is 0.472 e. The first-order valence-electron chi connectivity index (χ1n) is 44.7. The maximum atomic E-state index is 13.1. The Morgan fingerprint density at radius 3 is 0.676 bits per heavy atom. The molecule has 0 spiro atoms. The predicted octanol–water partition coefficient (Wildman–Crippen LogP) is 26.4. The summed E-state index contributed by atoms with van der Waals surface area (Å²) < 4.78 is 68.9. The molecule has 19 heteroatoms. The molecule has 6 atom stereocenters. The number of ether oxygens (including phenoxy) is 4. The molecule has 3 N–H and O–H groups in total. The number of aliphatic hydroxyl groups is 1. The van der Waals surface area contributed by atoms with Crippen molar-refractivity contribution >= 4 is 39.5 Å². The summed E-state index contributed by atoms with van der Waals surface area (Å²) in [4.78, 5) is 73.3. The summed E-state index contributed by atoms with van der Waals surface area (Å²) in [6, 6.07) is 0. The van der Waals surface area contributed by atoms with Crippen LogP contribution in [0.2, 0.25) is 0 Å². The Kier molecular flexibility index (Phi) is 77.3. The third-order valence-electron chi connectivity index (χ3n) is 20.6. The van der Waals surface area contributed by atoms with Gasteiger partial charge in [-0.3, -0.25) is 37.3 Å². The highest BCUT2D eigenvalue weighted by molar-refractivity contribution is 7.47. The van der Waals surface area contributed by atoms with Crippen molar-refractivity contribution in [1.82, 2.24) is 0 Å². The van der Waals surface area contributed by atoms with Gasteiger partial charge >= 0.3 is 39.5 Å². The standard InChI is InChI=1S/C86H168O17P2/c1-6-10-13-16-19-22-25-28-30-32-34-35-40-45-50-55-60-65-70-84(89)97-76-82(103-86(91)72-67-62-57-52-47-42-38-37-39-43-48-53-58-63-68-79(5)9-4)78-101-105(94,95)99-74-80(87)73-98-104(92,93)100-77-81(75-96-83(88)69-64-59-54-49-44-27-24-21-18-15-12-8-3)102-85(90)71-66-61-56-51-46-41-36-33-31-29-26-23-20-17-14-11-7-2/h79-82,87H,6-78H2,1-5H3,(H,92,93)(H,94,95)/t79?,80-,81+,82+/m0/s1. The van der Waals surface area contributed by atoms with E-state index < -0.39 is 97.5 Å². The molecule has 0 rings (SSSR count). The fourth-order valence-corrected chi connectivity index (χ4v) is 15.0. The zero-order valence-corrected chi connectivity index (χ0v) is 70.7. The number of phosphoric ester groups is 2. The van der Waals surface area contributed by atoms with Crippen molar-refractivity contribution in [3.63, 3.8) is 0 Å². The quantitative estimate of drug-likeness (QED) is 0.0222. The minimum atomic E-state index is -4.97. The van der Waals surface area contributed by atoms with Crippen LogP contribution in [0, 0.1) is 5.92 Å². The van der Waals surface area contributed by atoms with E-state index in [1.54, 1.807) is 0 Å². The summed E-state index contributed by atoms with van der Waals surface area (Å²) in [6.45, 7) is 7.43. The van der Waals surface area contributed by atoms with Crippen LogP contribution in [0.5, 0.6) is 0 Å². The lowest BCUT2D eigenvalue weighted by molar-refractivity contribution is -0.161. The number of phosphoric acid groups is 2. The number of hydrogen-bond acceptors (Lipinski definition) is 15. The SMILES string of the molecule is CCCCCCCCCCCCCCCCCCCCC(=O)OC[C@H](COP(=O)(O)OC[C@@H](O)COP(=O)(O)OC[C@@H](COC(=O)CCCCCCCCCCCCCC)OC(=O)CCCCCCCCCCCCCCCCCCC)OC(=O)CCCCCCCCCCCCCCCCC(C)CC. The van der Waals surface area contributed by atoms with Gasteiger partial charge in [0.25, 0.3) is 0 Å². The van der Waals surface area contributed by atoms with E-state index in [-0.39, 0.29) is 25.7 Å². The van der Waals surface area contributed by atoms with Crippen molar-refractivity contribution in [2.75, 3.05) is 39.6 Å². The maximum absolute atomic E-state index is 13.1. The first kappa shape index (κ1) is 103. The van der Waals surface area contributed by atoms with Gasteiger partial charge in [0, 0.05) is 25.7 Å². The molecule has 3 unspecified atom stereocenters. The summed E-state index contributed by atoms with van der Waals surface area (Å²) in [5, 5.41) is 10.7. The van der Waals surface area contributed by atoms with Crippen molar-refractivity contribution in [2.24, 2.45) is 5.92 Å². The number of esters is 4. The molecule has 17 nitrogen and oxygen atoms in total. The number of carbonyl (C=O) groups excluding carboxylic acids is 4. The molecule has 0 aliphatic rings. The van der Waals surface area contributed by atoms with Crippen LogP contribution < -0.4 is 0 Å². The minimum Gasteiger partial charge on any atom is -0.462 e. The number of rotatable bonds is 86. The summed E-state index contributed by atoms with van der Waals surface area (Å²) in [5.74, 6) is -1.25. The van der Waals surface area contributed by atoms with Gasteiger partial charge in [-0.25, -0.2) is 9.13 Å². The second-order valence-electron chi connectivity index (χ2n) is 31.2. The zero-order chi connectivity index (χ0) is 76.9. The van der Waals surface area contributed by atoms with E-state index in [0.29, 0.717) is 25.7 Å². The number of carbonyl (C=O) groups is 4. The molecule has 0 aliphatic heterocycles. The molecule has 0 saturated carbocycles. The summed E-state index contributed by atoms with van der Waals surface area (Å²) in [7, 11) is -9.93. The molecule has 0 aliphatic carbocycles. The van der Waals surface area contributed by atoms with Crippen LogP contribution in [0.3, 0.4) is 0 Å². The average molecular weight is 1540 g/mol. The Labute approximate surface area is 645 Å². The monoisotopic (exact) mass is 1540 g/mol. The van der Waals surface area contributed by atoms with E-state index in [2.05, 4.69) is 34.6 Å². The lowest BCUT2D eigenvalue weighted by atomic mass is 9.99. The second kappa shape index (κ2) is 78.7. The number of aliphatic hydroxyl groups excluding tert-OH is 1. The van der Waals surface area contributed by atoms with Gasteiger partial charge in [0.2, 0.25) is 0 Å². The van der Waals surface area contributed by atoms with Gasteiger partial charge in [-0.15, -0.1) is 0 Å². The van der Waals surface area contributed by atoms with Gasteiger partial charge in [-0.2, -0.15) is 0 Å². The molecule has 0 heterocycles. The van der Waals surface area contributed by atoms with E-state index in [4.69, 9.17) is 37.0 Å². The van der Waals surface area contributed by atoms with E-state index in [1.165, 1.54) is 289 Å². The van der Waals surface area contributed by atoms with Gasteiger partial charge in [0.15, 0.2) is 12.2 Å². The highest BCUT2D eigenvalue weighted by Crippen LogP contribution is 2.45. The Morgan fingerprint density at radius 2 is 0.457 bits per heavy atom. The Bertz CT molecular complexity index is 2000. The average Bonchev–Trinajstić information content (AvgIpc) is 0.907. The first-order chi connectivity index (χ1) is 51.1. The molecule has 624 valence electrons. The fraction of sp³-hybridized carbons (Fsp3) is 0.953. The second-order valence-corrected chi connectivity index (χ2v) is 34.1. The third kappa shape index (κ3) is 78.5. The molecule has 0 bridgehead atoms. The smallest absolute Gasteiger partial charge is 0.462 e. The molecule has 0 radical (unpaired) electrons. The van der Waals surface area contributed by atoms with E-state index >= 15 is 0 Å². The van der Waals surface area contributed by atoms with Crippen molar-refractivity contribution < 1.29 is 80.2 Å². The van der Waals surface area contributed by atoms with Crippen molar-refractivity contribution in [1.29, 1.82) is 0 Å². The third-order valence-corrected chi connectivity index (χ3v) is 22.5. The molecule has 0 saturated heterocycles. The van der Waals surface area contributed by atoms with Crippen LogP contribution in [-0.2, 0) is 65.4 Å². The number of hydrogen-bond donors (Lipinski definition) is 3. The summed E-state index contributed by atoms with van der Waals surface area (Å²) in [6.07, 6.45) is 72.0.